The Kier molecular flexibility index (Phi) is 6.42. The molecule has 1 aromatic carbocycles. The maximum absolute atomic E-state index is 13.3. The zero-order valence-electron chi connectivity index (χ0n) is 10.7. The molecule has 0 spiro atoms. The molecule has 0 bridgehead atoms. The van der Waals surface area contributed by atoms with Crippen LogP contribution < -0.4 is 5.32 Å². The van der Waals surface area contributed by atoms with Crippen LogP contribution in [-0.4, -0.2) is 31.1 Å². The highest BCUT2D eigenvalue weighted by Crippen LogP contribution is 2.26. The summed E-state index contributed by atoms with van der Waals surface area (Å²) >= 11 is 0. The zero-order chi connectivity index (χ0) is 13.0. The zero-order valence-corrected chi connectivity index (χ0v) is 11.6. The van der Waals surface area contributed by atoms with Crippen LogP contribution in [0.25, 0.3) is 0 Å². The van der Waals surface area contributed by atoms with Crippen molar-refractivity contribution in [3.8, 4) is 0 Å². The molecule has 1 aliphatic heterocycles. The van der Waals surface area contributed by atoms with Crippen LogP contribution in [0.15, 0.2) is 30.9 Å². The predicted molar refractivity (Wildman–Crippen MR) is 75.6 cm³/mol. The SMILES string of the molecule is C=CC[C@H](c1ccc(F)c(F)c1)N1CCNCC1.Cl. The van der Waals surface area contributed by atoms with Gasteiger partial charge in [0.15, 0.2) is 11.6 Å². The van der Waals surface area contributed by atoms with Crippen molar-refractivity contribution in [2.24, 2.45) is 0 Å². The average molecular weight is 289 g/mol. The Morgan fingerprint density at radius 3 is 2.53 bits per heavy atom. The highest BCUT2D eigenvalue weighted by Gasteiger charge is 2.21. The molecule has 1 aliphatic rings. The lowest BCUT2D eigenvalue weighted by Crippen LogP contribution is -2.45. The standard InChI is InChI=1S/C14H18F2N2.ClH/c1-2-3-14(18-8-6-17-7-9-18)11-4-5-12(15)13(16)10-11;/h2,4-5,10,14,17H,1,3,6-9H2;1H/t14-;/m1./s1. The average Bonchev–Trinajstić information content (AvgIpc) is 2.40. The van der Waals surface area contributed by atoms with E-state index in [4.69, 9.17) is 0 Å². The Hall–Kier alpha value is -0.970. The van der Waals surface area contributed by atoms with Gasteiger partial charge in [-0.05, 0) is 24.1 Å². The predicted octanol–water partition coefficient (Wildman–Crippen LogP) is 2.91. The molecule has 1 atom stereocenters. The first-order chi connectivity index (χ1) is 8.72. The fraction of sp³-hybridized carbons (Fsp3) is 0.429. The van der Waals surface area contributed by atoms with E-state index in [1.807, 2.05) is 6.08 Å². The smallest absolute Gasteiger partial charge is 0.159 e. The van der Waals surface area contributed by atoms with E-state index in [-0.39, 0.29) is 18.4 Å². The van der Waals surface area contributed by atoms with Crippen molar-refractivity contribution in [3.05, 3.63) is 48.1 Å². The molecular formula is C14H19ClF2N2. The summed E-state index contributed by atoms with van der Waals surface area (Å²) in [5.41, 5.74) is 0.815. The van der Waals surface area contributed by atoms with Crippen molar-refractivity contribution in [2.75, 3.05) is 26.2 Å². The van der Waals surface area contributed by atoms with E-state index in [1.54, 1.807) is 6.07 Å². The number of halogens is 3. The van der Waals surface area contributed by atoms with Crippen LogP contribution in [0, 0.1) is 11.6 Å². The summed E-state index contributed by atoms with van der Waals surface area (Å²) in [6.45, 7) is 7.43. The minimum atomic E-state index is -0.795. The fourth-order valence-electron chi connectivity index (χ4n) is 2.37. The molecule has 5 heteroatoms. The largest absolute Gasteiger partial charge is 0.314 e. The molecule has 0 radical (unpaired) electrons. The van der Waals surface area contributed by atoms with Crippen LogP contribution in [0.2, 0.25) is 0 Å². The third kappa shape index (κ3) is 4.00. The number of benzene rings is 1. The van der Waals surface area contributed by atoms with Crippen molar-refractivity contribution in [3.63, 3.8) is 0 Å². The first kappa shape index (κ1) is 16.1. The Morgan fingerprint density at radius 2 is 1.95 bits per heavy atom. The Labute approximate surface area is 118 Å². The maximum atomic E-state index is 13.3. The van der Waals surface area contributed by atoms with Crippen LogP contribution >= 0.6 is 12.4 Å². The summed E-state index contributed by atoms with van der Waals surface area (Å²) in [6, 6.07) is 4.24. The fourth-order valence-corrected chi connectivity index (χ4v) is 2.37. The summed E-state index contributed by atoms with van der Waals surface area (Å²) in [5, 5.41) is 3.28. The molecule has 0 aliphatic carbocycles. The second-order valence-corrected chi connectivity index (χ2v) is 4.50. The molecule has 0 saturated carbocycles. The molecule has 1 fully saturated rings. The Morgan fingerprint density at radius 1 is 1.26 bits per heavy atom. The van der Waals surface area contributed by atoms with E-state index in [0.717, 1.165) is 38.2 Å². The second kappa shape index (κ2) is 7.58. The molecular weight excluding hydrogens is 270 g/mol. The minimum Gasteiger partial charge on any atom is -0.314 e. The topological polar surface area (TPSA) is 15.3 Å². The van der Waals surface area contributed by atoms with Gasteiger partial charge in [-0.15, -0.1) is 19.0 Å². The molecule has 1 aromatic rings. The summed E-state index contributed by atoms with van der Waals surface area (Å²) < 4.78 is 26.3. The summed E-state index contributed by atoms with van der Waals surface area (Å²) in [6.07, 6.45) is 2.57. The van der Waals surface area contributed by atoms with Crippen LogP contribution in [0.5, 0.6) is 0 Å². The third-order valence-corrected chi connectivity index (χ3v) is 3.31. The van der Waals surface area contributed by atoms with Crippen LogP contribution in [0.3, 0.4) is 0 Å². The van der Waals surface area contributed by atoms with Gasteiger partial charge in [0.25, 0.3) is 0 Å². The highest BCUT2D eigenvalue weighted by molar-refractivity contribution is 5.85. The van der Waals surface area contributed by atoms with Gasteiger partial charge in [-0.2, -0.15) is 0 Å². The molecule has 106 valence electrons. The number of nitrogens with zero attached hydrogens (tertiary/aromatic N) is 1. The molecule has 1 saturated heterocycles. The van der Waals surface area contributed by atoms with Gasteiger partial charge < -0.3 is 5.32 Å². The molecule has 1 N–H and O–H groups in total. The lowest BCUT2D eigenvalue weighted by molar-refractivity contribution is 0.174. The van der Waals surface area contributed by atoms with Gasteiger partial charge in [-0.3, -0.25) is 4.90 Å². The lowest BCUT2D eigenvalue weighted by atomic mass is 10.0. The second-order valence-electron chi connectivity index (χ2n) is 4.50. The van der Waals surface area contributed by atoms with Crippen LogP contribution in [0.4, 0.5) is 8.78 Å². The number of nitrogens with one attached hydrogen (secondary N) is 1. The normalized spacial score (nSPS) is 17.6. The van der Waals surface area contributed by atoms with Crippen molar-refractivity contribution < 1.29 is 8.78 Å². The lowest BCUT2D eigenvalue weighted by Gasteiger charge is -2.34. The molecule has 0 amide bonds. The van der Waals surface area contributed by atoms with E-state index in [0.29, 0.717) is 0 Å². The van der Waals surface area contributed by atoms with Gasteiger partial charge in [0.1, 0.15) is 0 Å². The molecule has 2 rings (SSSR count). The summed E-state index contributed by atoms with van der Waals surface area (Å²) in [4.78, 5) is 2.28. The Balaban J connectivity index is 0.00000180. The number of hydrogen-bond acceptors (Lipinski definition) is 2. The molecule has 0 aromatic heterocycles. The van der Waals surface area contributed by atoms with Gasteiger partial charge >= 0.3 is 0 Å². The number of rotatable bonds is 4. The van der Waals surface area contributed by atoms with Crippen molar-refractivity contribution in [1.29, 1.82) is 0 Å². The van der Waals surface area contributed by atoms with Gasteiger partial charge in [0.2, 0.25) is 0 Å². The molecule has 2 nitrogen and oxygen atoms in total. The van der Waals surface area contributed by atoms with E-state index in [1.165, 1.54) is 12.1 Å². The van der Waals surface area contributed by atoms with Crippen molar-refractivity contribution in [1.82, 2.24) is 10.2 Å². The molecule has 19 heavy (non-hydrogen) atoms. The molecule has 0 unspecified atom stereocenters. The van der Waals surface area contributed by atoms with Crippen molar-refractivity contribution >= 4 is 12.4 Å². The van der Waals surface area contributed by atoms with E-state index < -0.39 is 11.6 Å². The van der Waals surface area contributed by atoms with E-state index in [9.17, 15) is 8.78 Å². The number of piperazine rings is 1. The van der Waals surface area contributed by atoms with Crippen molar-refractivity contribution in [2.45, 2.75) is 12.5 Å². The third-order valence-electron chi connectivity index (χ3n) is 3.31. The van der Waals surface area contributed by atoms with E-state index >= 15 is 0 Å². The minimum absolute atomic E-state index is 0. The maximum Gasteiger partial charge on any atom is 0.159 e. The van der Waals surface area contributed by atoms with Gasteiger partial charge in [-0.25, -0.2) is 8.78 Å². The summed E-state index contributed by atoms with van der Waals surface area (Å²) in [7, 11) is 0. The first-order valence-electron chi connectivity index (χ1n) is 6.23. The van der Waals surface area contributed by atoms with Gasteiger partial charge in [-0.1, -0.05) is 12.1 Å². The Bertz CT molecular complexity index is 420. The van der Waals surface area contributed by atoms with Crippen LogP contribution in [0.1, 0.15) is 18.0 Å². The first-order valence-corrected chi connectivity index (χ1v) is 6.23. The van der Waals surface area contributed by atoms with E-state index in [2.05, 4.69) is 16.8 Å². The van der Waals surface area contributed by atoms with Gasteiger partial charge in [0.05, 0.1) is 0 Å². The summed E-state index contributed by atoms with van der Waals surface area (Å²) in [5.74, 6) is -1.58. The quantitative estimate of drug-likeness (QED) is 0.857. The molecule has 1 heterocycles. The highest BCUT2D eigenvalue weighted by atomic mass is 35.5. The van der Waals surface area contributed by atoms with Gasteiger partial charge in [0, 0.05) is 32.2 Å². The van der Waals surface area contributed by atoms with Crippen LogP contribution in [-0.2, 0) is 0 Å². The monoisotopic (exact) mass is 288 g/mol. The number of hydrogen-bond donors (Lipinski definition) is 1.